The van der Waals surface area contributed by atoms with Crippen LogP contribution in [0.3, 0.4) is 0 Å². The Kier molecular flexibility index (Phi) is 5.93. The van der Waals surface area contributed by atoms with Crippen LogP contribution in [-0.2, 0) is 18.4 Å². The molecule has 0 radical (unpaired) electrons. The first kappa shape index (κ1) is 20.9. The fourth-order valence-corrected chi connectivity index (χ4v) is 4.19. The average molecular weight is 421 g/mol. The first-order chi connectivity index (χ1) is 15.0. The van der Waals surface area contributed by atoms with Crippen LogP contribution in [0.25, 0.3) is 10.9 Å². The number of para-hydroxylation sites is 2. The number of nitrogens with zero attached hydrogens (tertiary/aromatic N) is 3. The van der Waals surface area contributed by atoms with E-state index in [0.717, 1.165) is 28.7 Å². The van der Waals surface area contributed by atoms with Crippen molar-refractivity contribution < 1.29 is 9.53 Å². The Bertz CT molecular complexity index is 1230. The van der Waals surface area contributed by atoms with Crippen LogP contribution in [0.2, 0.25) is 0 Å². The van der Waals surface area contributed by atoms with Crippen molar-refractivity contribution in [3.05, 3.63) is 74.9 Å². The van der Waals surface area contributed by atoms with E-state index in [1.165, 1.54) is 4.57 Å². The molecule has 2 heterocycles. The van der Waals surface area contributed by atoms with Crippen LogP contribution in [0, 0.1) is 12.8 Å². The molecule has 1 aromatic heterocycles. The van der Waals surface area contributed by atoms with E-state index in [4.69, 9.17) is 4.74 Å². The number of piperidine rings is 1. The number of benzene rings is 2. The molecule has 4 rings (SSSR count). The summed E-state index contributed by atoms with van der Waals surface area (Å²) in [6.45, 7) is 3.48. The number of carbonyl (C=O) groups is 1. The predicted octanol–water partition coefficient (Wildman–Crippen LogP) is 2.33. The fraction of sp³-hybridized carbons (Fsp3) is 0.375. The van der Waals surface area contributed by atoms with Gasteiger partial charge in [-0.25, -0.2) is 4.79 Å². The Labute approximate surface area is 180 Å². The Morgan fingerprint density at radius 3 is 2.65 bits per heavy atom. The summed E-state index contributed by atoms with van der Waals surface area (Å²) < 4.78 is 8.43. The molecule has 1 aliphatic heterocycles. The van der Waals surface area contributed by atoms with E-state index in [1.54, 1.807) is 36.2 Å². The number of carbonyl (C=O) groups excluding carboxylic acids is 1. The average Bonchev–Trinajstić information content (AvgIpc) is 2.80. The Balaban J connectivity index is 1.47. The van der Waals surface area contributed by atoms with Gasteiger partial charge in [0.15, 0.2) is 0 Å². The first-order valence-corrected chi connectivity index (χ1v) is 10.6. The monoisotopic (exact) mass is 421 g/mol. The summed E-state index contributed by atoms with van der Waals surface area (Å²) in [6, 6.07) is 14.8. The highest BCUT2D eigenvalue weighted by Crippen LogP contribution is 2.21. The molecule has 0 unspecified atom stereocenters. The summed E-state index contributed by atoms with van der Waals surface area (Å²) >= 11 is 0. The number of hydrogen-bond acceptors (Lipinski definition) is 4. The topological polar surface area (TPSA) is 73.5 Å². The van der Waals surface area contributed by atoms with Crippen molar-refractivity contribution in [2.75, 3.05) is 19.7 Å². The van der Waals surface area contributed by atoms with Gasteiger partial charge in [0.25, 0.3) is 5.56 Å². The number of fused-ring (bicyclic) bond motifs is 1. The number of amides is 1. The van der Waals surface area contributed by atoms with Gasteiger partial charge in [0.1, 0.15) is 12.3 Å². The van der Waals surface area contributed by atoms with Crippen LogP contribution in [0.4, 0.5) is 0 Å². The highest BCUT2D eigenvalue weighted by atomic mass is 16.5. The van der Waals surface area contributed by atoms with Crippen LogP contribution in [-0.4, -0.2) is 39.6 Å². The molecule has 7 heteroatoms. The molecule has 0 aliphatic carbocycles. The Hall–Kier alpha value is -3.35. The second-order valence-electron chi connectivity index (χ2n) is 8.17. The van der Waals surface area contributed by atoms with Crippen molar-refractivity contribution in [3.63, 3.8) is 0 Å². The van der Waals surface area contributed by atoms with Crippen LogP contribution in [0.5, 0.6) is 5.75 Å². The summed E-state index contributed by atoms with van der Waals surface area (Å²) in [7, 11) is 1.62. The van der Waals surface area contributed by atoms with E-state index < -0.39 is 11.2 Å². The van der Waals surface area contributed by atoms with Gasteiger partial charge in [0.2, 0.25) is 5.91 Å². The molecule has 31 heavy (non-hydrogen) atoms. The fourth-order valence-electron chi connectivity index (χ4n) is 4.19. The SMILES string of the molecule is Cc1ccccc1OC[C@H]1CCCN(C(=O)Cn2c(=O)c3ccccc3n(C)c2=O)C1. The molecule has 1 fully saturated rings. The van der Waals surface area contributed by atoms with E-state index in [-0.39, 0.29) is 18.4 Å². The van der Waals surface area contributed by atoms with Crippen molar-refractivity contribution in [1.29, 1.82) is 0 Å². The van der Waals surface area contributed by atoms with Crippen molar-refractivity contribution in [2.45, 2.75) is 26.3 Å². The zero-order valence-electron chi connectivity index (χ0n) is 17.9. The lowest BCUT2D eigenvalue weighted by Crippen LogP contribution is -2.47. The Morgan fingerprint density at radius 2 is 1.84 bits per heavy atom. The van der Waals surface area contributed by atoms with Gasteiger partial charge in [-0.2, -0.15) is 0 Å². The molecule has 1 aliphatic rings. The standard InChI is InChI=1S/C24H27N3O4/c1-17-8-3-6-12-21(17)31-16-18-9-7-13-26(14-18)22(28)15-27-23(29)19-10-4-5-11-20(19)25(2)24(27)30/h3-6,8,10-12,18H,7,9,13-16H2,1-2H3/t18-/m0/s1. The zero-order valence-corrected chi connectivity index (χ0v) is 17.9. The molecular weight excluding hydrogens is 394 g/mol. The lowest BCUT2D eigenvalue weighted by Gasteiger charge is -2.33. The minimum absolute atomic E-state index is 0.213. The van der Waals surface area contributed by atoms with Crippen molar-refractivity contribution in [3.8, 4) is 5.75 Å². The molecule has 1 saturated heterocycles. The van der Waals surface area contributed by atoms with Crippen LogP contribution >= 0.6 is 0 Å². The maximum Gasteiger partial charge on any atom is 0.331 e. The second-order valence-corrected chi connectivity index (χ2v) is 8.17. The van der Waals surface area contributed by atoms with E-state index in [1.807, 2.05) is 31.2 Å². The molecule has 1 atom stereocenters. The van der Waals surface area contributed by atoms with Crippen LogP contribution in [0.1, 0.15) is 18.4 Å². The number of aryl methyl sites for hydroxylation is 2. The predicted molar refractivity (Wildman–Crippen MR) is 119 cm³/mol. The lowest BCUT2D eigenvalue weighted by atomic mass is 9.99. The molecule has 7 nitrogen and oxygen atoms in total. The van der Waals surface area contributed by atoms with Crippen molar-refractivity contribution in [1.82, 2.24) is 14.0 Å². The van der Waals surface area contributed by atoms with Gasteiger partial charge in [-0.05, 0) is 43.5 Å². The third kappa shape index (κ3) is 4.26. The van der Waals surface area contributed by atoms with E-state index in [9.17, 15) is 14.4 Å². The number of rotatable bonds is 5. The highest BCUT2D eigenvalue weighted by Gasteiger charge is 2.25. The van der Waals surface area contributed by atoms with Gasteiger partial charge in [-0.15, -0.1) is 0 Å². The van der Waals surface area contributed by atoms with E-state index in [0.29, 0.717) is 30.6 Å². The molecule has 1 amide bonds. The molecule has 0 bridgehead atoms. The summed E-state index contributed by atoms with van der Waals surface area (Å²) in [5.74, 6) is 0.862. The largest absolute Gasteiger partial charge is 0.493 e. The maximum absolute atomic E-state index is 13.0. The minimum atomic E-state index is -0.478. The van der Waals surface area contributed by atoms with Gasteiger partial charge < -0.3 is 9.64 Å². The third-order valence-corrected chi connectivity index (χ3v) is 5.99. The van der Waals surface area contributed by atoms with Gasteiger partial charge in [0, 0.05) is 26.1 Å². The highest BCUT2D eigenvalue weighted by molar-refractivity contribution is 5.79. The quantitative estimate of drug-likeness (QED) is 0.634. The number of aromatic nitrogens is 2. The van der Waals surface area contributed by atoms with E-state index >= 15 is 0 Å². The molecule has 3 aromatic rings. The Morgan fingerprint density at radius 1 is 1.10 bits per heavy atom. The normalized spacial score (nSPS) is 16.5. The number of hydrogen-bond donors (Lipinski definition) is 0. The molecule has 162 valence electrons. The molecule has 0 N–H and O–H groups in total. The van der Waals surface area contributed by atoms with Crippen molar-refractivity contribution in [2.24, 2.45) is 13.0 Å². The number of ether oxygens (including phenoxy) is 1. The number of likely N-dealkylation sites (tertiary alicyclic amines) is 1. The molecule has 2 aromatic carbocycles. The molecular formula is C24H27N3O4. The van der Waals surface area contributed by atoms with Crippen molar-refractivity contribution >= 4 is 16.8 Å². The maximum atomic E-state index is 13.0. The minimum Gasteiger partial charge on any atom is -0.493 e. The second kappa shape index (κ2) is 8.79. The van der Waals surface area contributed by atoms with Crippen LogP contribution < -0.4 is 16.0 Å². The van der Waals surface area contributed by atoms with Gasteiger partial charge in [-0.3, -0.25) is 18.7 Å². The molecule has 0 spiro atoms. The summed E-state index contributed by atoms with van der Waals surface area (Å²) in [4.78, 5) is 40.3. The van der Waals surface area contributed by atoms with Gasteiger partial charge >= 0.3 is 5.69 Å². The van der Waals surface area contributed by atoms with Crippen LogP contribution in [0.15, 0.2) is 58.1 Å². The smallest absolute Gasteiger partial charge is 0.331 e. The first-order valence-electron chi connectivity index (χ1n) is 10.6. The zero-order chi connectivity index (χ0) is 22.0. The third-order valence-electron chi connectivity index (χ3n) is 5.99. The van der Waals surface area contributed by atoms with E-state index in [2.05, 4.69) is 0 Å². The van der Waals surface area contributed by atoms with Gasteiger partial charge in [-0.1, -0.05) is 30.3 Å². The molecule has 0 saturated carbocycles. The summed E-state index contributed by atoms with van der Waals surface area (Å²) in [5, 5.41) is 0.431. The lowest BCUT2D eigenvalue weighted by molar-refractivity contribution is -0.134. The van der Waals surface area contributed by atoms with Gasteiger partial charge in [0.05, 0.1) is 17.5 Å². The summed E-state index contributed by atoms with van der Waals surface area (Å²) in [6.07, 6.45) is 1.85. The summed E-state index contributed by atoms with van der Waals surface area (Å²) in [5.41, 5.74) is 0.738.